The van der Waals surface area contributed by atoms with Gasteiger partial charge in [0.2, 0.25) is 11.8 Å². The quantitative estimate of drug-likeness (QED) is 0.841. The van der Waals surface area contributed by atoms with E-state index in [2.05, 4.69) is 20.4 Å². The maximum absolute atomic E-state index is 11.3. The molecule has 2 aromatic rings. The lowest BCUT2D eigenvalue weighted by molar-refractivity contribution is -0.142. The summed E-state index contributed by atoms with van der Waals surface area (Å²) in [7, 11) is 1.43. The Morgan fingerprint density at radius 1 is 1.29 bits per heavy atom. The van der Waals surface area contributed by atoms with Crippen molar-refractivity contribution in [2.24, 2.45) is 0 Å². The van der Waals surface area contributed by atoms with Crippen molar-refractivity contribution in [2.75, 3.05) is 32.1 Å². The fraction of sp³-hybridized carbons (Fsp3) is 0.471. The van der Waals surface area contributed by atoms with Gasteiger partial charge < -0.3 is 14.5 Å². The number of carbonyl (C=O) groups excluding carboxylic acids is 1. The molecule has 0 aliphatic carbocycles. The minimum atomic E-state index is -0.173. The molecule has 0 spiro atoms. The van der Waals surface area contributed by atoms with Gasteiger partial charge in [-0.25, -0.2) is 0 Å². The SMILES string of the molecule is COC(=O)CN1CCC(Nc2ccc(-c3nnc(C)o3)cc2)CC1. The number of aryl methyl sites for hydroxylation is 1. The summed E-state index contributed by atoms with van der Waals surface area (Å²) in [6, 6.07) is 8.41. The van der Waals surface area contributed by atoms with Crippen molar-refractivity contribution in [1.82, 2.24) is 15.1 Å². The topological polar surface area (TPSA) is 80.5 Å². The summed E-state index contributed by atoms with van der Waals surface area (Å²) in [5, 5.41) is 11.4. The largest absolute Gasteiger partial charge is 0.468 e. The number of likely N-dealkylation sites (tertiary alicyclic amines) is 1. The molecule has 0 saturated carbocycles. The number of nitrogens with zero attached hydrogens (tertiary/aromatic N) is 3. The third-order valence-electron chi connectivity index (χ3n) is 4.20. The van der Waals surface area contributed by atoms with E-state index >= 15 is 0 Å². The van der Waals surface area contributed by atoms with Gasteiger partial charge in [0.15, 0.2) is 0 Å². The molecule has 1 N–H and O–H groups in total. The molecule has 1 saturated heterocycles. The number of nitrogens with one attached hydrogen (secondary N) is 1. The van der Waals surface area contributed by atoms with Crippen LogP contribution in [0.4, 0.5) is 5.69 Å². The lowest BCUT2D eigenvalue weighted by atomic mass is 10.0. The Morgan fingerprint density at radius 2 is 2.00 bits per heavy atom. The second-order valence-electron chi connectivity index (χ2n) is 5.97. The maximum atomic E-state index is 11.3. The summed E-state index contributed by atoms with van der Waals surface area (Å²) in [6.07, 6.45) is 2.00. The highest BCUT2D eigenvalue weighted by Gasteiger charge is 2.21. The average molecular weight is 330 g/mol. The zero-order chi connectivity index (χ0) is 16.9. The molecule has 3 rings (SSSR count). The van der Waals surface area contributed by atoms with Gasteiger partial charge in [-0.05, 0) is 37.1 Å². The van der Waals surface area contributed by atoms with Crippen LogP contribution in [0.2, 0.25) is 0 Å². The third-order valence-corrected chi connectivity index (χ3v) is 4.20. The van der Waals surface area contributed by atoms with Crippen molar-refractivity contribution in [3.05, 3.63) is 30.2 Å². The number of hydrogen-bond acceptors (Lipinski definition) is 7. The highest BCUT2D eigenvalue weighted by molar-refractivity contribution is 5.71. The van der Waals surface area contributed by atoms with Crippen LogP contribution >= 0.6 is 0 Å². The fourth-order valence-electron chi connectivity index (χ4n) is 2.84. The first-order chi connectivity index (χ1) is 11.6. The van der Waals surface area contributed by atoms with E-state index in [4.69, 9.17) is 9.15 Å². The van der Waals surface area contributed by atoms with Crippen LogP contribution in [0.15, 0.2) is 28.7 Å². The van der Waals surface area contributed by atoms with E-state index in [0.29, 0.717) is 24.4 Å². The number of anilines is 1. The van der Waals surface area contributed by atoms with Crippen molar-refractivity contribution >= 4 is 11.7 Å². The molecule has 7 heteroatoms. The highest BCUT2D eigenvalue weighted by atomic mass is 16.5. The summed E-state index contributed by atoms with van der Waals surface area (Å²) in [4.78, 5) is 13.4. The van der Waals surface area contributed by atoms with Crippen LogP contribution in [0, 0.1) is 6.92 Å². The van der Waals surface area contributed by atoms with Gasteiger partial charge in [0, 0.05) is 37.3 Å². The lowest BCUT2D eigenvalue weighted by Gasteiger charge is -2.32. The van der Waals surface area contributed by atoms with Gasteiger partial charge in [-0.2, -0.15) is 0 Å². The Labute approximate surface area is 141 Å². The monoisotopic (exact) mass is 330 g/mol. The zero-order valence-electron chi connectivity index (χ0n) is 14.0. The van der Waals surface area contributed by atoms with Gasteiger partial charge in [0.1, 0.15) is 0 Å². The third kappa shape index (κ3) is 4.11. The Morgan fingerprint density at radius 3 is 2.58 bits per heavy atom. The molecule has 0 amide bonds. The van der Waals surface area contributed by atoms with E-state index < -0.39 is 0 Å². The molecule has 0 atom stereocenters. The Bertz CT molecular complexity index is 675. The molecular formula is C17H22N4O3. The van der Waals surface area contributed by atoms with Gasteiger partial charge in [-0.3, -0.25) is 9.69 Å². The predicted octanol–water partition coefficient (Wildman–Crippen LogP) is 2.09. The molecule has 1 fully saturated rings. The van der Waals surface area contributed by atoms with Gasteiger partial charge in [-0.1, -0.05) is 0 Å². The van der Waals surface area contributed by atoms with Crippen LogP contribution in [-0.2, 0) is 9.53 Å². The standard InChI is InChI=1S/C17H22N4O3/c1-12-19-20-17(24-12)13-3-5-14(6-4-13)18-15-7-9-21(10-8-15)11-16(22)23-2/h3-6,15,18H,7-11H2,1-2H3. The molecule has 1 aliphatic heterocycles. The van der Waals surface area contributed by atoms with Gasteiger partial charge in [0.25, 0.3) is 0 Å². The summed E-state index contributed by atoms with van der Waals surface area (Å²) >= 11 is 0. The van der Waals surface area contributed by atoms with E-state index in [0.717, 1.165) is 37.2 Å². The van der Waals surface area contributed by atoms with Crippen molar-refractivity contribution in [1.29, 1.82) is 0 Å². The molecule has 7 nitrogen and oxygen atoms in total. The summed E-state index contributed by atoms with van der Waals surface area (Å²) in [5.41, 5.74) is 1.98. The van der Waals surface area contributed by atoms with E-state index in [-0.39, 0.29) is 5.97 Å². The molecule has 1 aromatic carbocycles. The van der Waals surface area contributed by atoms with Crippen molar-refractivity contribution in [3.63, 3.8) is 0 Å². The highest BCUT2D eigenvalue weighted by Crippen LogP contribution is 2.22. The second-order valence-corrected chi connectivity index (χ2v) is 5.97. The molecule has 0 unspecified atom stereocenters. The number of rotatable bonds is 5. The van der Waals surface area contributed by atoms with Gasteiger partial charge in [-0.15, -0.1) is 10.2 Å². The number of piperidine rings is 1. The van der Waals surface area contributed by atoms with Gasteiger partial charge in [0.05, 0.1) is 13.7 Å². The van der Waals surface area contributed by atoms with Gasteiger partial charge >= 0.3 is 5.97 Å². The Balaban J connectivity index is 1.51. The first kappa shape index (κ1) is 16.4. The molecule has 0 bridgehead atoms. The van der Waals surface area contributed by atoms with Crippen molar-refractivity contribution in [2.45, 2.75) is 25.8 Å². The number of benzene rings is 1. The first-order valence-corrected chi connectivity index (χ1v) is 8.10. The lowest BCUT2D eigenvalue weighted by Crippen LogP contribution is -2.41. The normalized spacial score (nSPS) is 16.1. The molecule has 1 aromatic heterocycles. The average Bonchev–Trinajstić information content (AvgIpc) is 3.03. The van der Waals surface area contributed by atoms with E-state index in [9.17, 15) is 4.79 Å². The summed E-state index contributed by atoms with van der Waals surface area (Å²) in [5.74, 6) is 0.925. The number of hydrogen-bond donors (Lipinski definition) is 1. The molecule has 24 heavy (non-hydrogen) atoms. The Kier molecular flexibility index (Phi) is 5.10. The number of ether oxygens (including phenoxy) is 1. The number of methoxy groups -OCH3 is 1. The minimum absolute atomic E-state index is 0.173. The van der Waals surface area contributed by atoms with E-state index in [1.165, 1.54) is 7.11 Å². The van der Waals surface area contributed by atoms with Crippen LogP contribution in [0.25, 0.3) is 11.5 Å². The Hall–Kier alpha value is -2.41. The van der Waals surface area contributed by atoms with E-state index in [1.807, 2.05) is 24.3 Å². The van der Waals surface area contributed by atoms with Crippen molar-refractivity contribution in [3.8, 4) is 11.5 Å². The first-order valence-electron chi connectivity index (χ1n) is 8.10. The molecule has 0 radical (unpaired) electrons. The zero-order valence-corrected chi connectivity index (χ0v) is 14.0. The summed E-state index contributed by atoms with van der Waals surface area (Å²) < 4.78 is 10.1. The molecular weight excluding hydrogens is 308 g/mol. The second kappa shape index (κ2) is 7.44. The van der Waals surface area contributed by atoms with Crippen molar-refractivity contribution < 1.29 is 13.9 Å². The van der Waals surface area contributed by atoms with Crippen LogP contribution < -0.4 is 5.32 Å². The van der Waals surface area contributed by atoms with Crippen LogP contribution in [0.3, 0.4) is 0 Å². The van der Waals surface area contributed by atoms with Crippen LogP contribution in [0.1, 0.15) is 18.7 Å². The number of esters is 1. The van der Waals surface area contributed by atoms with E-state index in [1.54, 1.807) is 6.92 Å². The minimum Gasteiger partial charge on any atom is -0.468 e. The van der Waals surface area contributed by atoms with Crippen LogP contribution in [-0.4, -0.2) is 53.9 Å². The molecule has 128 valence electrons. The van der Waals surface area contributed by atoms with Crippen LogP contribution in [0.5, 0.6) is 0 Å². The molecule has 1 aliphatic rings. The smallest absolute Gasteiger partial charge is 0.319 e. The predicted molar refractivity (Wildman–Crippen MR) is 89.6 cm³/mol. The summed E-state index contributed by atoms with van der Waals surface area (Å²) in [6.45, 7) is 3.94. The number of carbonyl (C=O) groups is 1. The maximum Gasteiger partial charge on any atom is 0.319 e. The number of aromatic nitrogens is 2. The molecule has 2 heterocycles. The fourth-order valence-corrected chi connectivity index (χ4v) is 2.84.